The third-order valence-corrected chi connectivity index (χ3v) is 4.91. The van der Waals surface area contributed by atoms with Crippen LogP contribution in [0.1, 0.15) is 16.7 Å². The van der Waals surface area contributed by atoms with Gasteiger partial charge in [0.15, 0.2) is 5.16 Å². The highest BCUT2D eigenvalue weighted by molar-refractivity contribution is 7.99. The normalized spacial score (nSPS) is 10.6. The molecule has 1 aromatic heterocycles. The standard InChI is InChI=1S/C20H21N3OS/c1-15-7-9-17(10-8-15)13-23-12-11-21-20(23)25-14-19(24)22-18-6-4-3-5-16(18)2/h3-12H,13-14H2,1-2H3,(H,22,24). The van der Waals surface area contributed by atoms with Gasteiger partial charge < -0.3 is 9.88 Å². The number of aryl methyl sites for hydroxylation is 2. The summed E-state index contributed by atoms with van der Waals surface area (Å²) in [7, 11) is 0. The number of amides is 1. The molecule has 0 aliphatic heterocycles. The van der Waals surface area contributed by atoms with E-state index in [1.54, 1.807) is 6.20 Å². The molecule has 1 N–H and O–H groups in total. The molecular weight excluding hydrogens is 330 g/mol. The smallest absolute Gasteiger partial charge is 0.234 e. The number of benzene rings is 2. The second-order valence-corrected chi connectivity index (χ2v) is 6.92. The zero-order valence-electron chi connectivity index (χ0n) is 14.4. The molecule has 128 valence electrons. The zero-order valence-corrected chi connectivity index (χ0v) is 15.2. The van der Waals surface area contributed by atoms with E-state index in [2.05, 4.69) is 46.1 Å². The summed E-state index contributed by atoms with van der Waals surface area (Å²) in [6, 6.07) is 16.2. The number of hydrogen-bond acceptors (Lipinski definition) is 3. The van der Waals surface area contributed by atoms with Gasteiger partial charge >= 0.3 is 0 Å². The number of aromatic nitrogens is 2. The van der Waals surface area contributed by atoms with Gasteiger partial charge in [0.05, 0.1) is 5.75 Å². The number of hydrogen-bond donors (Lipinski definition) is 1. The van der Waals surface area contributed by atoms with Crippen LogP contribution < -0.4 is 5.32 Å². The first kappa shape index (κ1) is 17.3. The molecule has 0 unspecified atom stereocenters. The summed E-state index contributed by atoms with van der Waals surface area (Å²) < 4.78 is 2.07. The Morgan fingerprint density at radius 2 is 1.88 bits per heavy atom. The Hall–Kier alpha value is -2.53. The summed E-state index contributed by atoms with van der Waals surface area (Å²) in [5, 5.41) is 3.80. The number of carbonyl (C=O) groups is 1. The molecule has 0 aliphatic carbocycles. The molecule has 0 atom stereocenters. The van der Waals surface area contributed by atoms with Crippen LogP contribution in [0.2, 0.25) is 0 Å². The molecule has 0 fully saturated rings. The van der Waals surface area contributed by atoms with E-state index in [1.807, 2.05) is 37.4 Å². The summed E-state index contributed by atoms with van der Waals surface area (Å²) in [4.78, 5) is 16.6. The molecule has 0 spiro atoms. The molecule has 5 heteroatoms. The Morgan fingerprint density at radius 1 is 1.12 bits per heavy atom. The predicted molar refractivity (Wildman–Crippen MR) is 103 cm³/mol. The maximum Gasteiger partial charge on any atom is 0.234 e. The SMILES string of the molecule is Cc1ccc(Cn2ccnc2SCC(=O)Nc2ccccc2C)cc1. The lowest BCUT2D eigenvalue weighted by Crippen LogP contribution is -2.15. The van der Waals surface area contributed by atoms with Crippen molar-refractivity contribution in [2.75, 3.05) is 11.1 Å². The van der Waals surface area contributed by atoms with Crippen LogP contribution in [-0.4, -0.2) is 21.2 Å². The van der Waals surface area contributed by atoms with Crippen molar-refractivity contribution in [3.05, 3.63) is 77.6 Å². The first-order valence-corrected chi connectivity index (χ1v) is 9.15. The number of imidazole rings is 1. The van der Waals surface area contributed by atoms with Gasteiger partial charge in [-0.05, 0) is 31.0 Å². The van der Waals surface area contributed by atoms with Crippen molar-refractivity contribution in [1.82, 2.24) is 9.55 Å². The largest absolute Gasteiger partial charge is 0.325 e. The Bertz CT molecular complexity index is 855. The number of nitrogens with one attached hydrogen (secondary N) is 1. The minimum atomic E-state index is -0.0239. The second-order valence-electron chi connectivity index (χ2n) is 5.98. The Labute approximate surface area is 152 Å². The number of carbonyl (C=O) groups excluding carboxylic acids is 1. The first-order chi connectivity index (χ1) is 12.1. The van der Waals surface area contributed by atoms with Crippen LogP contribution in [0.3, 0.4) is 0 Å². The van der Waals surface area contributed by atoms with Crippen LogP contribution in [0.4, 0.5) is 5.69 Å². The van der Waals surface area contributed by atoms with Crippen molar-refractivity contribution in [1.29, 1.82) is 0 Å². The van der Waals surface area contributed by atoms with Gasteiger partial charge in [0.1, 0.15) is 0 Å². The van der Waals surface area contributed by atoms with Crippen molar-refractivity contribution >= 4 is 23.4 Å². The maximum absolute atomic E-state index is 12.2. The third kappa shape index (κ3) is 4.73. The van der Waals surface area contributed by atoms with Crippen molar-refractivity contribution in [2.45, 2.75) is 25.5 Å². The van der Waals surface area contributed by atoms with Crippen molar-refractivity contribution in [2.24, 2.45) is 0 Å². The molecule has 0 saturated heterocycles. The number of nitrogens with zero attached hydrogens (tertiary/aromatic N) is 2. The van der Waals surface area contributed by atoms with E-state index in [1.165, 1.54) is 22.9 Å². The van der Waals surface area contributed by atoms with Crippen molar-refractivity contribution in [3.8, 4) is 0 Å². The Morgan fingerprint density at radius 3 is 2.64 bits per heavy atom. The average Bonchev–Trinajstić information content (AvgIpc) is 3.04. The highest BCUT2D eigenvalue weighted by Gasteiger charge is 2.09. The quantitative estimate of drug-likeness (QED) is 0.674. The van der Waals surface area contributed by atoms with E-state index in [0.29, 0.717) is 5.75 Å². The molecule has 1 amide bonds. The Kier molecular flexibility index (Phi) is 5.56. The molecule has 0 aliphatic rings. The zero-order chi connectivity index (χ0) is 17.6. The molecule has 3 rings (SSSR count). The van der Waals surface area contributed by atoms with Crippen LogP contribution >= 0.6 is 11.8 Å². The van der Waals surface area contributed by atoms with E-state index in [9.17, 15) is 4.79 Å². The minimum Gasteiger partial charge on any atom is -0.325 e. The molecule has 3 aromatic rings. The van der Waals surface area contributed by atoms with E-state index in [0.717, 1.165) is 23.0 Å². The molecule has 1 heterocycles. The minimum absolute atomic E-state index is 0.0239. The fourth-order valence-corrected chi connectivity index (χ4v) is 3.23. The highest BCUT2D eigenvalue weighted by atomic mass is 32.2. The van der Waals surface area contributed by atoms with Crippen LogP contribution in [0.5, 0.6) is 0 Å². The third-order valence-electron chi connectivity index (χ3n) is 3.90. The molecule has 25 heavy (non-hydrogen) atoms. The van der Waals surface area contributed by atoms with Gasteiger partial charge in [-0.25, -0.2) is 4.98 Å². The summed E-state index contributed by atoms with van der Waals surface area (Å²) in [5.74, 6) is 0.309. The fraction of sp³-hybridized carbons (Fsp3) is 0.200. The molecule has 0 saturated carbocycles. The maximum atomic E-state index is 12.2. The number of thioether (sulfide) groups is 1. The van der Waals surface area contributed by atoms with Gasteiger partial charge in [0.2, 0.25) is 5.91 Å². The van der Waals surface area contributed by atoms with Crippen LogP contribution in [-0.2, 0) is 11.3 Å². The molecule has 4 nitrogen and oxygen atoms in total. The van der Waals surface area contributed by atoms with Gasteiger partial charge in [-0.1, -0.05) is 59.8 Å². The summed E-state index contributed by atoms with van der Waals surface area (Å²) >= 11 is 1.45. The number of anilines is 1. The summed E-state index contributed by atoms with van der Waals surface area (Å²) in [6.45, 7) is 4.81. The van der Waals surface area contributed by atoms with Gasteiger partial charge in [-0.2, -0.15) is 0 Å². The lowest BCUT2D eigenvalue weighted by atomic mass is 10.1. The average molecular weight is 351 g/mol. The van der Waals surface area contributed by atoms with Gasteiger partial charge in [0.25, 0.3) is 0 Å². The monoisotopic (exact) mass is 351 g/mol. The predicted octanol–water partition coefficient (Wildman–Crippen LogP) is 4.28. The molecule has 2 aromatic carbocycles. The topological polar surface area (TPSA) is 46.9 Å². The molecule has 0 radical (unpaired) electrons. The van der Waals surface area contributed by atoms with Gasteiger partial charge in [0, 0.05) is 24.6 Å². The lowest BCUT2D eigenvalue weighted by molar-refractivity contribution is -0.113. The molecular formula is C20H21N3OS. The van der Waals surface area contributed by atoms with Gasteiger partial charge in [-0.3, -0.25) is 4.79 Å². The number of para-hydroxylation sites is 1. The fourth-order valence-electron chi connectivity index (χ4n) is 2.48. The van der Waals surface area contributed by atoms with E-state index < -0.39 is 0 Å². The van der Waals surface area contributed by atoms with Crippen molar-refractivity contribution < 1.29 is 4.79 Å². The second kappa shape index (κ2) is 8.03. The van der Waals surface area contributed by atoms with Crippen LogP contribution in [0.25, 0.3) is 0 Å². The lowest BCUT2D eigenvalue weighted by Gasteiger charge is -2.09. The first-order valence-electron chi connectivity index (χ1n) is 8.17. The van der Waals surface area contributed by atoms with E-state index in [-0.39, 0.29) is 5.91 Å². The highest BCUT2D eigenvalue weighted by Crippen LogP contribution is 2.19. The van der Waals surface area contributed by atoms with Crippen molar-refractivity contribution in [3.63, 3.8) is 0 Å². The van der Waals surface area contributed by atoms with E-state index >= 15 is 0 Å². The summed E-state index contributed by atoms with van der Waals surface area (Å²) in [5.41, 5.74) is 4.38. The van der Waals surface area contributed by atoms with Gasteiger partial charge in [-0.15, -0.1) is 0 Å². The van der Waals surface area contributed by atoms with Crippen LogP contribution in [0.15, 0.2) is 66.1 Å². The Balaban J connectivity index is 1.59. The van der Waals surface area contributed by atoms with Crippen LogP contribution in [0, 0.1) is 13.8 Å². The molecule has 0 bridgehead atoms. The van der Waals surface area contributed by atoms with E-state index in [4.69, 9.17) is 0 Å². The summed E-state index contributed by atoms with van der Waals surface area (Å²) in [6.07, 6.45) is 3.72. The number of rotatable bonds is 6.